The minimum atomic E-state index is -0.0278. The Morgan fingerprint density at radius 2 is 2.25 bits per heavy atom. The van der Waals surface area contributed by atoms with Crippen molar-refractivity contribution in [3.63, 3.8) is 0 Å². The lowest BCUT2D eigenvalue weighted by atomic mass is 10.1. The lowest BCUT2D eigenvalue weighted by Crippen LogP contribution is -2.10. The predicted molar refractivity (Wildman–Crippen MR) is 31.1 cm³/mol. The molecule has 3 nitrogen and oxygen atoms in total. The van der Waals surface area contributed by atoms with Crippen LogP contribution in [-0.2, 0) is 0 Å². The van der Waals surface area contributed by atoms with Gasteiger partial charge in [0.1, 0.15) is 0 Å². The van der Waals surface area contributed by atoms with Crippen LogP contribution in [0.25, 0.3) is 0 Å². The highest BCUT2D eigenvalue weighted by Crippen LogP contribution is 1.94. The number of oxime groups is 1. The normalized spacial score (nSPS) is 16.1. The summed E-state index contributed by atoms with van der Waals surface area (Å²) in [7, 11) is 0. The largest absolute Gasteiger partial charge is 0.411 e. The van der Waals surface area contributed by atoms with Gasteiger partial charge in [0.15, 0.2) is 0 Å². The molecule has 0 aliphatic rings. The summed E-state index contributed by atoms with van der Waals surface area (Å²) in [5.41, 5.74) is 0.563. The van der Waals surface area contributed by atoms with E-state index in [9.17, 15) is 0 Å². The maximum Gasteiger partial charge on any atom is 0.0590 e. The van der Waals surface area contributed by atoms with Gasteiger partial charge in [0.2, 0.25) is 0 Å². The van der Waals surface area contributed by atoms with E-state index in [1.54, 1.807) is 13.8 Å². The van der Waals surface area contributed by atoms with Crippen molar-refractivity contribution in [2.45, 2.75) is 13.8 Å². The Labute approximate surface area is 48.6 Å². The average molecular weight is 117 g/mol. The van der Waals surface area contributed by atoms with E-state index in [1.807, 2.05) is 0 Å². The van der Waals surface area contributed by atoms with Crippen LogP contribution in [0.3, 0.4) is 0 Å². The number of rotatable bonds is 2. The van der Waals surface area contributed by atoms with E-state index in [0.29, 0.717) is 5.71 Å². The summed E-state index contributed by atoms with van der Waals surface area (Å²) in [6, 6.07) is 0. The van der Waals surface area contributed by atoms with Gasteiger partial charge in [-0.2, -0.15) is 0 Å². The fourth-order valence-electron chi connectivity index (χ4n) is 0.231. The molecule has 0 fully saturated rings. The zero-order chi connectivity index (χ0) is 6.57. The molecule has 0 aromatic heterocycles. The predicted octanol–water partition coefficient (Wildman–Crippen LogP) is 0.465. The van der Waals surface area contributed by atoms with Crippen LogP contribution < -0.4 is 0 Å². The molecule has 0 amide bonds. The first-order valence-electron chi connectivity index (χ1n) is 2.51. The van der Waals surface area contributed by atoms with Crippen molar-refractivity contribution in [2.75, 3.05) is 6.61 Å². The van der Waals surface area contributed by atoms with Gasteiger partial charge in [0.25, 0.3) is 0 Å². The third kappa shape index (κ3) is 1.93. The molecule has 0 rings (SSSR count). The van der Waals surface area contributed by atoms with Crippen molar-refractivity contribution in [1.29, 1.82) is 0 Å². The molecular weight excluding hydrogens is 106 g/mol. The monoisotopic (exact) mass is 117 g/mol. The lowest BCUT2D eigenvalue weighted by molar-refractivity contribution is 0.261. The Kier molecular flexibility index (Phi) is 3.19. The fraction of sp³-hybridized carbons (Fsp3) is 0.800. The van der Waals surface area contributed by atoms with Crippen molar-refractivity contribution >= 4 is 5.71 Å². The number of aliphatic hydroxyl groups excluding tert-OH is 1. The van der Waals surface area contributed by atoms with Crippen molar-refractivity contribution < 1.29 is 10.3 Å². The van der Waals surface area contributed by atoms with E-state index in [2.05, 4.69) is 5.16 Å². The minimum Gasteiger partial charge on any atom is -0.411 e. The SMILES string of the molecule is CC(=NO)C(C)CO. The van der Waals surface area contributed by atoms with Crippen LogP contribution in [0.2, 0.25) is 0 Å². The highest BCUT2D eigenvalue weighted by molar-refractivity contribution is 5.83. The van der Waals surface area contributed by atoms with E-state index >= 15 is 0 Å². The molecule has 0 heterocycles. The summed E-state index contributed by atoms with van der Waals surface area (Å²) in [6.07, 6.45) is 0. The lowest BCUT2D eigenvalue weighted by Gasteiger charge is -2.02. The fourth-order valence-corrected chi connectivity index (χ4v) is 0.231. The molecular formula is C5H11NO2. The third-order valence-electron chi connectivity index (χ3n) is 1.14. The molecule has 0 spiro atoms. The maximum atomic E-state index is 8.44. The number of hydrogen-bond donors (Lipinski definition) is 2. The first-order valence-corrected chi connectivity index (χ1v) is 2.51. The molecule has 0 aromatic rings. The molecule has 2 N–H and O–H groups in total. The van der Waals surface area contributed by atoms with E-state index in [4.69, 9.17) is 10.3 Å². The molecule has 0 bridgehead atoms. The van der Waals surface area contributed by atoms with Crippen LogP contribution in [0.5, 0.6) is 0 Å². The first kappa shape index (κ1) is 7.43. The molecule has 0 saturated carbocycles. The minimum absolute atomic E-state index is 0.0278. The zero-order valence-electron chi connectivity index (χ0n) is 5.13. The highest BCUT2D eigenvalue weighted by atomic mass is 16.4. The average Bonchev–Trinajstić information content (AvgIpc) is 1.84. The Morgan fingerprint density at radius 3 is 2.38 bits per heavy atom. The van der Waals surface area contributed by atoms with Gasteiger partial charge in [-0.25, -0.2) is 0 Å². The van der Waals surface area contributed by atoms with Crippen LogP contribution in [0.4, 0.5) is 0 Å². The standard InChI is InChI=1S/C5H11NO2/c1-4(3-7)5(2)6-8/h4,7-8H,3H2,1-2H3. The van der Waals surface area contributed by atoms with E-state index in [0.717, 1.165) is 0 Å². The van der Waals surface area contributed by atoms with Crippen molar-refractivity contribution in [3.05, 3.63) is 0 Å². The molecule has 1 unspecified atom stereocenters. The van der Waals surface area contributed by atoms with Gasteiger partial charge in [-0.3, -0.25) is 0 Å². The number of nitrogens with zero attached hydrogens (tertiary/aromatic N) is 1. The Balaban J connectivity index is 3.63. The summed E-state index contributed by atoms with van der Waals surface area (Å²) < 4.78 is 0. The van der Waals surface area contributed by atoms with Gasteiger partial charge < -0.3 is 10.3 Å². The topological polar surface area (TPSA) is 52.8 Å². The Bertz CT molecular complexity index is 90.4. The summed E-state index contributed by atoms with van der Waals surface area (Å²) in [5, 5.41) is 19.5. The van der Waals surface area contributed by atoms with E-state index in [-0.39, 0.29) is 12.5 Å². The van der Waals surface area contributed by atoms with Crippen LogP contribution in [0.15, 0.2) is 5.16 Å². The molecule has 0 radical (unpaired) electrons. The highest BCUT2D eigenvalue weighted by Gasteiger charge is 2.01. The molecule has 8 heavy (non-hydrogen) atoms. The van der Waals surface area contributed by atoms with Crippen LogP contribution >= 0.6 is 0 Å². The molecule has 1 atom stereocenters. The van der Waals surface area contributed by atoms with Crippen LogP contribution in [0, 0.1) is 5.92 Å². The second kappa shape index (κ2) is 3.43. The Morgan fingerprint density at radius 1 is 1.75 bits per heavy atom. The summed E-state index contributed by atoms with van der Waals surface area (Å²) in [4.78, 5) is 0. The Hall–Kier alpha value is -0.570. The molecule has 3 heteroatoms. The molecule has 48 valence electrons. The molecule has 0 aliphatic heterocycles. The van der Waals surface area contributed by atoms with Gasteiger partial charge in [-0.15, -0.1) is 0 Å². The van der Waals surface area contributed by atoms with Gasteiger partial charge in [-0.1, -0.05) is 12.1 Å². The van der Waals surface area contributed by atoms with Gasteiger partial charge >= 0.3 is 0 Å². The van der Waals surface area contributed by atoms with Crippen LogP contribution in [-0.4, -0.2) is 22.6 Å². The van der Waals surface area contributed by atoms with Gasteiger partial charge in [0.05, 0.1) is 12.3 Å². The van der Waals surface area contributed by atoms with Gasteiger partial charge in [-0.05, 0) is 6.92 Å². The molecule has 0 aliphatic carbocycles. The zero-order valence-corrected chi connectivity index (χ0v) is 5.13. The maximum absolute atomic E-state index is 8.44. The summed E-state index contributed by atoms with van der Waals surface area (Å²) >= 11 is 0. The summed E-state index contributed by atoms with van der Waals surface area (Å²) in [5.74, 6) is -0.0278. The van der Waals surface area contributed by atoms with Crippen LogP contribution in [0.1, 0.15) is 13.8 Å². The van der Waals surface area contributed by atoms with E-state index < -0.39 is 0 Å². The third-order valence-corrected chi connectivity index (χ3v) is 1.14. The number of aliphatic hydroxyl groups is 1. The van der Waals surface area contributed by atoms with Crippen molar-refractivity contribution in [2.24, 2.45) is 11.1 Å². The quantitative estimate of drug-likeness (QED) is 0.314. The molecule has 0 aromatic carbocycles. The second-order valence-corrected chi connectivity index (χ2v) is 1.83. The summed E-state index contributed by atoms with van der Waals surface area (Å²) in [6.45, 7) is 3.49. The van der Waals surface area contributed by atoms with Gasteiger partial charge in [0, 0.05) is 5.92 Å². The number of hydrogen-bond acceptors (Lipinski definition) is 3. The van der Waals surface area contributed by atoms with E-state index in [1.165, 1.54) is 0 Å². The first-order chi connectivity index (χ1) is 3.72. The smallest absolute Gasteiger partial charge is 0.0590 e. The molecule has 0 saturated heterocycles. The second-order valence-electron chi connectivity index (χ2n) is 1.83. The van der Waals surface area contributed by atoms with Crippen molar-refractivity contribution in [1.82, 2.24) is 0 Å². The van der Waals surface area contributed by atoms with Crippen molar-refractivity contribution in [3.8, 4) is 0 Å².